The number of carbonyl (C=O) groups excluding carboxylic acids is 2. The fourth-order valence-electron chi connectivity index (χ4n) is 3.01. The third-order valence-corrected chi connectivity index (χ3v) is 5.11. The molecule has 0 amide bonds. The predicted octanol–water partition coefficient (Wildman–Crippen LogP) is 4.43. The molecular formula is C25H34N2O4. The highest BCUT2D eigenvalue weighted by Crippen LogP contribution is 2.21. The Hall–Kier alpha value is -2.86. The molecule has 2 aromatic rings. The van der Waals surface area contributed by atoms with Gasteiger partial charge in [0, 0.05) is 51.5 Å². The quantitative estimate of drug-likeness (QED) is 0.414. The first-order valence-electron chi connectivity index (χ1n) is 10.5. The van der Waals surface area contributed by atoms with Crippen LogP contribution in [0, 0.1) is 0 Å². The normalized spacial score (nSPS) is 12.2. The number of hydrogen-bond donors (Lipinski definition) is 0. The molecule has 1 atom stereocenters. The van der Waals surface area contributed by atoms with Gasteiger partial charge in [-0.15, -0.1) is 0 Å². The summed E-state index contributed by atoms with van der Waals surface area (Å²) < 4.78 is 11.4. The lowest BCUT2D eigenvalue weighted by Gasteiger charge is -2.25. The molecule has 1 unspecified atom stereocenters. The van der Waals surface area contributed by atoms with Crippen molar-refractivity contribution < 1.29 is 19.1 Å². The zero-order chi connectivity index (χ0) is 23.2. The number of ketones is 1. The highest BCUT2D eigenvalue weighted by atomic mass is 16.5. The van der Waals surface area contributed by atoms with Crippen LogP contribution in [-0.2, 0) is 9.47 Å². The van der Waals surface area contributed by atoms with Crippen molar-refractivity contribution in [1.82, 2.24) is 0 Å². The number of hydrogen-bond acceptors (Lipinski definition) is 6. The average molecular weight is 427 g/mol. The fraction of sp³-hybridized carbons (Fsp3) is 0.440. The lowest BCUT2D eigenvalue weighted by Crippen LogP contribution is -2.36. The van der Waals surface area contributed by atoms with Crippen molar-refractivity contribution in [1.29, 1.82) is 0 Å². The van der Waals surface area contributed by atoms with E-state index >= 15 is 0 Å². The van der Waals surface area contributed by atoms with Crippen LogP contribution in [0.25, 0.3) is 0 Å². The van der Waals surface area contributed by atoms with Gasteiger partial charge in [0.25, 0.3) is 0 Å². The van der Waals surface area contributed by atoms with Crippen molar-refractivity contribution in [2.75, 3.05) is 44.6 Å². The molecule has 0 aromatic heterocycles. The molecule has 168 valence electrons. The van der Waals surface area contributed by atoms with Crippen LogP contribution >= 0.6 is 0 Å². The number of anilines is 2. The summed E-state index contributed by atoms with van der Waals surface area (Å²) in [6.07, 6.45) is 0.170. The van der Waals surface area contributed by atoms with Crippen molar-refractivity contribution in [3.05, 3.63) is 59.7 Å². The average Bonchev–Trinajstić information content (AvgIpc) is 2.73. The number of ether oxygens (including phenoxy) is 2. The minimum absolute atomic E-state index is 0.0802. The van der Waals surface area contributed by atoms with Gasteiger partial charge in [-0.3, -0.25) is 4.79 Å². The van der Waals surface area contributed by atoms with Crippen LogP contribution in [0.15, 0.2) is 48.5 Å². The van der Waals surface area contributed by atoms with Gasteiger partial charge in [0.1, 0.15) is 11.7 Å². The van der Waals surface area contributed by atoms with Gasteiger partial charge in [-0.25, -0.2) is 4.79 Å². The number of esters is 1. The van der Waals surface area contributed by atoms with Crippen LogP contribution in [-0.4, -0.2) is 58.3 Å². The third-order valence-electron chi connectivity index (χ3n) is 5.11. The summed E-state index contributed by atoms with van der Waals surface area (Å²) in [5, 5.41) is 0. The molecule has 0 heterocycles. The fourth-order valence-corrected chi connectivity index (χ4v) is 3.01. The maximum atomic E-state index is 12.8. The largest absolute Gasteiger partial charge is 0.459 e. The molecule has 0 aliphatic heterocycles. The number of carbonyl (C=O) groups is 2. The Morgan fingerprint density at radius 3 is 1.74 bits per heavy atom. The molecule has 0 radical (unpaired) electrons. The van der Waals surface area contributed by atoms with Crippen molar-refractivity contribution in [3.63, 3.8) is 0 Å². The van der Waals surface area contributed by atoms with E-state index in [1.807, 2.05) is 81.3 Å². The Labute approximate surface area is 185 Å². The Kier molecular flexibility index (Phi) is 8.22. The highest BCUT2D eigenvalue weighted by Gasteiger charge is 2.29. The second kappa shape index (κ2) is 10.4. The van der Waals surface area contributed by atoms with E-state index in [2.05, 4.69) is 0 Å². The van der Waals surface area contributed by atoms with E-state index in [0.717, 1.165) is 11.4 Å². The van der Waals surface area contributed by atoms with Crippen molar-refractivity contribution in [2.45, 2.75) is 38.9 Å². The molecule has 0 fully saturated rings. The summed E-state index contributed by atoms with van der Waals surface area (Å²) in [4.78, 5) is 29.1. The van der Waals surface area contributed by atoms with Crippen molar-refractivity contribution in [3.8, 4) is 0 Å². The van der Waals surface area contributed by atoms with E-state index < -0.39 is 5.60 Å². The summed E-state index contributed by atoms with van der Waals surface area (Å²) in [6.45, 7) is 5.66. The Balaban J connectivity index is 1.84. The van der Waals surface area contributed by atoms with Crippen LogP contribution in [0.5, 0.6) is 0 Å². The van der Waals surface area contributed by atoms with E-state index in [0.29, 0.717) is 24.2 Å². The van der Waals surface area contributed by atoms with Gasteiger partial charge in [-0.2, -0.15) is 0 Å². The van der Waals surface area contributed by atoms with Crippen LogP contribution in [0.1, 0.15) is 47.9 Å². The van der Waals surface area contributed by atoms with E-state index in [1.54, 1.807) is 26.0 Å². The van der Waals surface area contributed by atoms with Crippen LogP contribution in [0.2, 0.25) is 0 Å². The summed E-state index contributed by atoms with van der Waals surface area (Å²) in [7, 11) is 7.80. The van der Waals surface area contributed by atoms with Crippen molar-refractivity contribution in [2.24, 2.45) is 0 Å². The zero-order valence-corrected chi connectivity index (χ0v) is 19.6. The smallest absolute Gasteiger partial charge is 0.338 e. The summed E-state index contributed by atoms with van der Waals surface area (Å²) in [5.41, 5.74) is 2.19. The van der Waals surface area contributed by atoms with Gasteiger partial charge in [0.05, 0.1) is 12.2 Å². The summed E-state index contributed by atoms with van der Waals surface area (Å²) in [6, 6.07) is 14.7. The second-order valence-corrected chi connectivity index (χ2v) is 8.58. The van der Waals surface area contributed by atoms with Gasteiger partial charge in [-0.05, 0) is 69.3 Å². The number of benzene rings is 2. The minimum Gasteiger partial charge on any atom is -0.459 e. The molecule has 0 saturated heterocycles. The molecule has 6 nitrogen and oxygen atoms in total. The van der Waals surface area contributed by atoms with E-state index in [9.17, 15) is 9.59 Å². The predicted molar refractivity (Wildman–Crippen MR) is 125 cm³/mol. The molecule has 2 aromatic carbocycles. The van der Waals surface area contributed by atoms with Gasteiger partial charge >= 0.3 is 5.97 Å². The molecule has 0 saturated carbocycles. The van der Waals surface area contributed by atoms with Crippen LogP contribution in [0.4, 0.5) is 11.4 Å². The molecular weight excluding hydrogens is 392 g/mol. The van der Waals surface area contributed by atoms with E-state index in [4.69, 9.17) is 9.47 Å². The lowest BCUT2D eigenvalue weighted by molar-refractivity contribution is -0.0203. The van der Waals surface area contributed by atoms with Crippen LogP contribution < -0.4 is 9.80 Å². The van der Waals surface area contributed by atoms with Crippen LogP contribution in [0.3, 0.4) is 0 Å². The molecule has 2 rings (SSSR count). The van der Waals surface area contributed by atoms with Gasteiger partial charge < -0.3 is 19.3 Å². The van der Waals surface area contributed by atoms with Gasteiger partial charge in [0.2, 0.25) is 0 Å². The molecule has 31 heavy (non-hydrogen) atoms. The molecule has 0 aliphatic carbocycles. The summed E-state index contributed by atoms with van der Waals surface area (Å²) in [5.74, 6) is -0.447. The molecule has 0 aliphatic rings. The van der Waals surface area contributed by atoms with Gasteiger partial charge in [0.15, 0.2) is 5.78 Å². The highest BCUT2D eigenvalue weighted by molar-refractivity contribution is 6.02. The Bertz CT molecular complexity index is 871. The number of nitrogens with zero attached hydrogens (tertiary/aromatic N) is 2. The standard InChI is InChI=1S/C25H34N2O4/c1-18(31-24(29)20-10-14-22(15-11-20)27(6)7)16-17-30-25(2,3)23(28)19-8-12-21(13-9-19)26(4)5/h8-15,18H,16-17H2,1-7H3. The maximum Gasteiger partial charge on any atom is 0.338 e. The first kappa shape index (κ1) is 24.4. The SMILES string of the molecule is CC(CCOC(C)(C)C(=O)c1ccc(N(C)C)cc1)OC(=O)c1ccc(N(C)C)cc1. The first-order valence-corrected chi connectivity index (χ1v) is 10.5. The minimum atomic E-state index is -0.967. The molecule has 0 spiro atoms. The Morgan fingerprint density at radius 2 is 1.29 bits per heavy atom. The monoisotopic (exact) mass is 426 g/mol. The van der Waals surface area contributed by atoms with E-state index in [1.165, 1.54) is 0 Å². The lowest BCUT2D eigenvalue weighted by atomic mass is 9.96. The topological polar surface area (TPSA) is 59.1 Å². The maximum absolute atomic E-state index is 12.8. The van der Waals surface area contributed by atoms with Crippen molar-refractivity contribution >= 4 is 23.1 Å². The first-order chi connectivity index (χ1) is 14.5. The van der Waals surface area contributed by atoms with E-state index in [-0.39, 0.29) is 17.9 Å². The second-order valence-electron chi connectivity index (χ2n) is 8.58. The molecule has 6 heteroatoms. The molecule has 0 N–H and O–H groups in total. The number of rotatable bonds is 10. The molecule has 0 bridgehead atoms. The summed E-state index contributed by atoms with van der Waals surface area (Å²) >= 11 is 0. The third kappa shape index (κ3) is 6.82. The zero-order valence-electron chi connectivity index (χ0n) is 19.6. The Morgan fingerprint density at radius 1 is 0.839 bits per heavy atom. The van der Waals surface area contributed by atoms with Gasteiger partial charge in [-0.1, -0.05) is 0 Å². The number of Topliss-reactive ketones (excluding diaryl/α,β-unsaturated/α-hetero) is 1.